The van der Waals surface area contributed by atoms with Gasteiger partial charge < -0.3 is 9.72 Å². The summed E-state index contributed by atoms with van der Waals surface area (Å²) in [6.45, 7) is 1.58. The Hall–Kier alpha value is -1.79. The molecule has 94 valence electrons. The molecule has 4 nitrogen and oxygen atoms in total. The zero-order valence-electron chi connectivity index (χ0n) is 8.93. The topological polar surface area (TPSA) is 59.2 Å². The molecule has 0 unspecified atom stereocenters. The van der Waals surface area contributed by atoms with Crippen LogP contribution in [0.5, 0.6) is 0 Å². The van der Waals surface area contributed by atoms with Gasteiger partial charge in [0, 0.05) is 11.8 Å². The maximum absolute atomic E-state index is 13.3. The Kier molecular flexibility index (Phi) is 4.30. The van der Waals surface area contributed by atoms with Crippen molar-refractivity contribution in [3.05, 3.63) is 33.5 Å². The molecule has 0 saturated carbocycles. The molecule has 1 N–H and O–H groups in total. The molecule has 0 aromatic carbocycles. The Morgan fingerprint density at radius 2 is 2.18 bits per heavy atom. The second-order valence-corrected chi connectivity index (χ2v) is 3.14. The summed E-state index contributed by atoms with van der Waals surface area (Å²) in [5.41, 5.74) is -2.76. The van der Waals surface area contributed by atoms with Crippen molar-refractivity contribution in [3.8, 4) is 0 Å². The predicted molar refractivity (Wildman–Crippen MR) is 52.3 cm³/mol. The molecular formula is C10H10F3NO3. The number of alkyl halides is 2. The third-order valence-electron chi connectivity index (χ3n) is 2.03. The van der Waals surface area contributed by atoms with E-state index in [2.05, 4.69) is 4.74 Å². The summed E-state index contributed by atoms with van der Waals surface area (Å²) in [6, 6.07) is 0. The van der Waals surface area contributed by atoms with Gasteiger partial charge in [0.25, 0.3) is 12.0 Å². The van der Waals surface area contributed by atoms with Gasteiger partial charge >= 0.3 is 5.97 Å². The third-order valence-corrected chi connectivity index (χ3v) is 2.03. The number of rotatable bonds is 4. The molecule has 17 heavy (non-hydrogen) atoms. The number of esters is 1. The van der Waals surface area contributed by atoms with Crippen LogP contribution in [0.2, 0.25) is 0 Å². The van der Waals surface area contributed by atoms with Crippen molar-refractivity contribution in [3.63, 3.8) is 0 Å². The number of hydrogen-bond donors (Lipinski definition) is 1. The van der Waals surface area contributed by atoms with Crippen molar-refractivity contribution < 1.29 is 22.7 Å². The van der Waals surface area contributed by atoms with Gasteiger partial charge in [-0.05, 0) is 6.92 Å². The normalized spacial score (nSPS) is 10.6. The predicted octanol–water partition coefficient (Wildman–Crippen LogP) is 1.56. The van der Waals surface area contributed by atoms with E-state index in [1.54, 1.807) is 0 Å². The quantitative estimate of drug-likeness (QED) is 0.824. The second-order valence-electron chi connectivity index (χ2n) is 3.14. The first-order valence-corrected chi connectivity index (χ1v) is 4.81. The number of H-pyrrole nitrogens is 1. The van der Waals surface area contributed by atoms with Crippen LogP contribution in [0.1, 0.15) is 24.5 Å². The number of ether oxygens (including phenoxy) is 1. The molecule has 0 bridgehead atoms. The lowest BCUT2D eigenvalue weighted by Gasteiger charge is -2.08. The van der Waals surface area contributed by atoms with Crippen LogP contribution in [0.25, 0.3) is 0 Å². The Balaban J connectivity index is 3.17. The first kappa shape index (κ1) is 13.3. The first-order chi connectivity index (χ1) is 7.97. The standard InChI is InChI=1S/C10H10F3NO3/c1-2-17-7(15)3-5-6(11)4-14-10(16)8(5)9(12)13/h4,9H,2-3H2,1H3,(H,14,16). The van der Waals surface area contributed by atoms with Crippen LogP contribution in [0, 0.1) is 5.82 Å². The summed E-state index contributed by atoms with van der Waals surface area (Å²) in [5.74, 6) is -1.92. The van der Waals surface area contributed by atoms with Gasteiger partial charge in [-0.1, -0.05) is 0 Å². The molecule has 0 aliphatic rings. The summed E-state index contributed by atoms with van der Waals surface area (Å²) in [5, 5.41) is 0. The number of carbonyl (C=O) groups excluding carboxylic acids is 1. The molecule has 0 amide bonds. The van der Waals surface area contributed by atoms with Gasteiger partial charge in [0.05, 0.1) is 18.6 Å². The lowest BCUT2D eigenvalue weighted by molar-refractivity contribution is -0.142. The van der Waals surface area contributed by atoms with Crippen LogP contribution in [0.4, 0.5) is 13.2 Å². The maximum Gasteiger partial charge on any atom is 0.310 e. The lowest BCUT2D eigenvalue weighted by atomic mass is 10.1. The molecule has 0 radical (unpaired) electrons. The van der Waals surface area contributed by atoms with Gasteiger partial charge in [0.1, 0.15) is 5.82 Å². The number of nitrogens with one attached hydrogen (secondary N) is 1. The van der Waals surface area contributed by atoms with Crippen molar-refractivity contribution in [2.24, 2.45) is 0 Å². The minimum absolute atomic E-state index is 0.0493. The number of aromatic amines is 1. The second kappa shape index (κ2) is 5.51. The molecule has 0 fully saturated rings. The highest BCUT2D eigenvalue weighted by Gasteiger charge is 2.23. The minimum Gasteiger partial charge on any atom is -0.466 e. The largest absolute Gasteiger partial charge is 0.466 e. The van der Waals surface area contributed by atoms with Crippen LogP contribution in [0.15, 0.2) is 11.0 Å². The van der Waals surface area contributed by atoms with Crippen molar-refractivity contribution in [2.75, 3.05) is 6.61 Å². The molecule has 7 heteroatoms. The third kappa shape index (κ3) is 3.08. The molecule has 1 rings (SSSR count). The fraction of sp³-hybridized carbons (Fsp3) is 0.400. The van der Waals surface area contributed by atoms with Crippen LogP contribution in [0.3, 0.4) is 0 Å². The Morgan fingerprint density at radius 3 is 2.71 bits per heavy atom. The van der Waals surface area contributed by atoms with E-state index in [0.717, 1.165) is 0 Å². The number of halogens is 3. The Morgan fingerprint density at radius 1 is 1.53 bits per heavy atom. The van der Waals surface area contributed by atoms with Crippen molar-refractivity contribution in [2.45, 2.75) is 19.8 Å². The van der Waals surface area contributed by atoms with E-state index in [1.165, 1.54) is 6.92 Å². The first-order valence-electron chi connectivity index (χ1n) is 4.81. The van der Waals surface area contributed by atoms with E-state index in [4.69, 9.17) is 0 Å². The van der Waals surface area contributed by atoms with Crippen molar-refractivity contribution in [1.82, 2.24) is 4.98 Å². The van der Waals surface area contributed by atoms with Crippen molar-refractivity contribution in [1.29, 1.82) is 0 Å². The summed E-state index contributed by atoms with van der Waals surface area (Å²) >= 11 is 0. The molecule has 0 aliphatic heterocycles. The van der Waals surface area contributed by atoms with E-state index >= 15 is 0 Å². The highest BCUT2D eigenvalue weighted by molar-refractivity contribution is 5.73. The van der Waals surface area contributed by atoms with E-state index in [-0.39, 0.29) is 6.61 Å². The van der Waals surface area contributed by atoms with Crippen LogP contribution in [-0.2, 0) is 16.0 Å². The van der Waals surface area contributed by atoms with Gasteiger partial charge in [0.2, 0.25) is 0 Å². The number of hydrogen-bond acceptors (Lipinski definition) is 3. The summed E-state index contributed by atoms with van der Waals surface area (Å²) < 4.78 is 42.9. The fourth-order valence-electron chi connectivity index (χ4n) is 1.33. The molecule has 0 aliphatic carbocycles. The van der Waals surface area contributed by atoms with Crippen LogP contribution < -0.4 is 5.56 Å². The van der Waals surface area contributed by atoms with Gasteiger partial charge in [0.15, 0.2) is 0 Å². The summed E-state index contributed by atoms with van der Waals surface area (Å²) in [4.78, 5) is 24.1. The minimum atomic E-state index is -3.15. The van der Waals surface area contributed by atoms with E-state index in [9.17, 15) is 22.8 Å². The Labute approximate surface area is 94.4 Å². The lowest BCUT2D eigenvalue weighted by Crippen LogP contribution is -2.20. The van der Waals surface area contributed by atoms with Crippen LogP contribution in [-0.4, -0.2) is 17.6 Å². The van der Waals surface area contributed by atoms with Gasteiger partial charge in [-0.15, -0.1) is 0 Å². The zero-order chi connectivity index (χ0) is 13.0. The van der Waals surface area contributed by atoms with Gasteiger partial charge in [-0.3, -0.25) is 9.59 Å². The monoisotopic (exact) mass is 249 g/mol. The Bertz CT molecular complexity index is 470. The molecule has 0 atom stereocenters. The average molecular weight is 249 g/mol. The molecule has 1 heterocycles. The van der Waals surface area contributed by atoms with E-state index in [0.29, 0.717) is 6.20 Å². The molecule has 0 spiro atoms. The fourth-order valence-corrected chi connectivity index (χ4v) is 1.33. The summed E-state index contributed by atoms with van der Waals surface area (Å²) in [7, 11) is 0. The van der Waals surface area contributed by atoms with Crippen molar-refractivity contribution >= 4 is 5.97 Å². The zero-order valence-corrected chi connectivity index (χ0v) is 8.93. The van der Waals surface area contributed by atoms with Gasteiger partial charge in [-0.2, -0.15) is 0 Å². The highest BCUT2D eigenvalue weighted by Crippen LogP contribution is 2.21. The molecule has 1 aromatic rings. The molecular weight excluding hydrogens is 239 g/mol. The van der Waals surface area contributed by atoms with Crippen LogP contribution >= 0.6 is 0 Å². The van der Waals surface area contributed by atoms with E-state index < -0.39 is 41.3 Å². The number of aromatic nitrogens is 1. The number of pyridine rings is 1. The van der Waals surface area contributed by atoms with Gasteiger partial charge in [-0.25, -0.2) is 13.2 Å². The maximum atomic E-state index is 13.3. The molecule has 1 aromatic heterocycles. The van der Waals surface area contributed by atoms with E-state index in [1.807, 2.05) is 4.98 Å². The molecule has 0 saturated heterocycles. The highest BCUT2D eigenvalue weighted by atomic mass is 19.3. The summed E-state index contributed by atoms with van der Waals surface area (Å²) in [6.07, 6.45) is -3.20. The smallest absolute Gasteiger partial charge is 0.310 e. The average Bonchev–Trinajstić information content (AvgIpc) is 2.23. The SMILES string of the molecule is CCOC(=O)Cc1c(F)c[nH]c(=O)c1C(F)F. The number of carbonyl (C=O) groups is 1.